The van der Waals surface area contributed by atoms with E-state index in [1.54, 1.807) is 6.07 Å². The summed E-state index contributed by atoms with van der Waals surface area (Å²) in [4.78, 5) is 9.53. The van der Waals surface area contributed by atoms with Crippen molar-refractivity contribution in [3.8, 4) is 0 Å². The Balaban J connectivity index is 0.000000208. The Kier molecular flexibility index (Phi) is 15.1. The van der Waals surface area contributed by atoms with E-state index in [0.29, 0.717) is 23.4 Å². The van der Waals surface area contributed by atoms with E-state index in [2.05, 4.69) is 45.6 Å². The molecule has 6 nitrogen and oxygen atoms in total. The van der Waals surface area contributed by atoms with Gasteiger partial charge in [0, 0.05) is 104 Å². The Hall–Kier alpha value is -2.88. The van der Waals surface area contributed by atoms with Crippen molar-refractivity contribution in [2.24, 2.45) is 11.8 Å². The molecule has 6 rings (SSSR count). The third-order valence-corrected chi connectivity index (χ3v) is 12.2. The Labute approximate surface area is 337 Å². The molecular weight excluding hydrogens is 742 g/mol. The number of hydrogen-bond acceptors (Lipinski definition) is 6. The molecule has 4 aromatic carbocycles. The Morgan fingerprint density at radius 1 is 0.556 bits per heavy atom. The molecule has 0 amide bonds. The molecule has 10 heteroatoms. The van der Waals surface area contributed by atoms with Gasteiger partial charge in [-0.15, -0.1) is 0 Å². The van der Waals surface area contributed by atoms with E-state index >= 15 is 0 Å². The van der Waals surface area contributed by atoms with Gasteiger partial charge in [0.2, 0.25) is 0 Å². The highest BCUT2D eigenvalue weighted by Gasteiger charge is 2.37. The minimum absolute atomic E-state index is 0.00187. The molecule has 2 aliphatic rings. The monoisotopic (exact) mass is 796 g/mol. The number of aliphatic hydroxyl groups is 2. The van der Waals surface area contributed by atoms with E-state index in [1.807, 2.05) is 80.6 Å². The fourth-order valence-electron chi connectivity index (χ4n) is 7.99. The van der Waals surface area contributed by atoms with Crippen LogP contribution < -0.4 is 9.80 Å². The molecule has 4 atom stereocenters. The molecule has 54 heavy (non-hydrogen) atoms. The van der Waals surface area contributed by atoms with Gasteiger partial charge in [0.25, 0.3) is 0 Å². The molecule has 2 saturated heterocycles. The molecule has 0 saturated carbocycles. The van der Waals surface area contributed by atoms with Gasteiger partial charge in [0.05, 0.1) is 11.2 Å². The largest absolute Gasteiger partial charge is 0.385 e. The second kappa shape index (κ2) is 19.3. The standard InChI is InChI=1S/C22H28Cl2N2O.C22H28ClFN2O/c1-3-22(27,18-6-4-7-19(23)14-18)17(2)16-25-10-12-26(13-11-25)21-9-5-8-20(24)15-21;1-3-22(27,18-6-4-8-20(24)14-18)17(2)16-25-10-12-26(13-11-25)21-9-5-7-19(23)15-21/h2*4-9,14-15,17,27H,3,10-13,16H2,1-2H3. The van der Waals surface area contributed by atoms with Crippen molar-refractivity contribution >= 4 is 46.2 Å². The second-order valence-electron chi connectivity index (χ2n) is 14.9. The summed E-state index contributed by atoms with van der Waals surface area (Å²) < 4.78 is 13.7. The van der Waals surface area contributed by atoms with Crippen LogP contribution in [0, 0.1) is 17.7 Å². The van der Waals surface area contributed by atoms with Crippen LogP contribution >= 0.6 is 34.8 Å². The highest BCUT2D eigenvalue weighted by molar-refractivity contribution is 6.31. The summed E-state index contributed by atoms with van der Waals surface area (Å²) in [6.45, 7) is 17.4. The summed E-state index contributed by atoms with van der Waals surface area (Å²) in [6.07, 6.45) is 1.22. The lowest BCUT2D eigenvalue weighted by Crippen LogP contribution is -2.50. The van der Waals surface area contributed by atoms with Gasteiger partial charge in [-0.25, -0.2) is 4.39 Å². The van der Waals surface area contributed by atoms with Crippen molar-refractivity contribution in [1.29, 1.82) is 0 Å². The highest BCUT2D eigenvalue weighted by atomic mass is 35.5. The van der Waals surface area contributed by atoms with E-state index in [-0.39, 0.29) is 17.7 Å². The molecule has 4 unspecified atom stereocenters. The summed E-state index contributed by atoms with van der Waals surface area (Å²) in [5.41, 5.74) is 2.01. The molecular formula is C44H56Cl3FN4O2. The van der Waals surface area contributed by atoms with E-state index in [9.17, 15) is 14.6 Å². The van der Waals surface area contributed by atoms with Crippen molar-refractivity contribution < 1.29 is 14.6 Å². The predicted molar refractivity (Wildman–Crippen MR) is 225 cm³/mol. The number of halogens is 4. The lowest BCUT2D eigenvalue weighted by molar-refractivity contribution is -0.0342. The van der Waals surface area contributed by atoms with E-state index < -0.39 is 11.2 Å². The van der Waals surface area contributed by atoms with Crippen molar-refractivity contribution in [2.45, 2.75) is 51.7 Å². The summed E-state index contributed by atoms with van der Waals surface area (Å²) in [6, 6.07) is 30.0. The minimum atomic E-state index is -1.02. The average Bonchev–Trinajstić information content (AvgIpc) is 3.18. The molecule has 292 valence electrons. The SMILES string of the molecule is CCC(O)(c1cccc(Cl)c1)C(C)CN1CCN(c2cccc(Cl)c2)CC1.CCC(O)(c1cccc(F)c1)C(C)CN1CCN(c2cccc(Cl)c2)CC1. The number of piperazine rings is 2. The number of benzene rings is 4. The van der Waals surface area contributed by atoms with Crippen LogP contribution in [0.1, 0.15) is 51.7 Å². The summed E-state index contributed by atoms with van der Waals surface area (Å²) in [7, 11) is 0. The van der Waals surface area contributed by atoms with Crippen LogP contribution in [0.5, 0.6) is 0 Å². The van der Waals surface area contributed by atoms with Gasteiger partial charge < -0.3 is 20.0 Å². The molecule has 2 heterocycles. The van der Waals surface area contributed by atoms with Crippen molar-refractivity contribution in [2.75, 3.05) is 75.2 Å². The first-order chi connectivity index (χ1) is 25.8. The minimum Gasteiger partial charge on any atom is -0.385 e. The zero-order valence-electron chi connectivity index (χ0n) is 32.1. The third kappa shape index (κ3) is 10.7. The maximum absolute atomic E-state index is 13.7. The average molecular weight is 798 g/mol. The van der Waals surface area contributed by atoms with Gasteiger partial charge in [-0.2, -0.15) is 0 Å². The van der Waals surface area contributed by atoms with Gasteiger partial charge in [-0.1, -0.05) is 98.9 Å². The Bertz CT molecular complexity index is 1660. The van der Waals surface area contributed by atoms with Crippen LogP contribution in [0.3, 0.4) is 0 Å². The maximum atomic E-state index is 13.7. The molecule has 2 aliphatic heterocycles. The fraction of sp³-hybridized carbons (Fsp3) is 0.455. The highest BCUT2D eigenvalue weighted by Crippen LogP contribution is 2.36. The van der Waals surface area contributed by atoms with Gasteiger partial charge in [-0.05, 0) is 84.6 Å². The quantitative estimate of drug-likeness (QED) is 0.149. The molecule has 0 radical (unpaired) electrons. The first-order valence-electron chi connectivity index (χ1n) is 19.3. The maximum Gasteiger partial charge on any atom is 0.123 e. The second-order valence-corrected chi connectivity index (χ2v) is 16.2. The lowest BCUT2D eigenvalue weighted by Gasteiger charge is -2.41. The third-order valence-electron chi connectivity index (χ3n) is 11.5. The number of hydrogen-bond donors (Lipinski definition) is 2. The smallest absolute Gasteiger partial charge is 0.123 e. The lowest BCUT2D eigenvalue weighted by atomic mass is 9.80. The first kappa shape index (κ1) is 42.3. The summed E-state index contributed by atoms with van der Waals surface area (Å²) >= 11 is 18.4. The van der Waals surface area contributed by atoms with Gasteiger partial charge >= 0.3 is 0 Å². The van der Waals surface area contributed by atoms with E-state index in [4.69, 9.17) is 34.8 Å². The number of nitrogens with zero attached hydrogens (tertiary/aromatic N) is 4. The zero-order chi connectivity index (χ0) is 38.9. The molecule has 2 fully saturated rings. The Morgan fingerprint density at radius 2 is 0.926 bits per heavy atom. The number of rotatable bonds is 12. The van der Waals surface area contributed by atoms with Gasteiger partial charge in [0.15, 0.2) is 0 Å². The van der Waals surface area contributed by atoms with Crippen molar-refractivity contribution in [3.05, 3.63) is 129 Å². The molecule has 0 bridgehead atoms. The summed E-state index contributed by atoms with van der Waals surface area (Å²) in [5, 5.41) is 24.8. The normalized spacial score (nSPS) is 18.9. The fourth-order valence-corrected chi connectivity index (χ4v) is 8.55. The molecule has 0 aliphatic carbocycles. The molecule has 0 spiro atoms. The van der Waals surface area contributed by atoms with Gasteiger partial charge in [0.1, 0.15) is 5.82 Å². The summed E-state index contributed by atoms with van der Waals surface area (Å²) in [5.74, 6) is -0.192. The van der Waals surface area contributed by atoms with Gasteiger partial charge in [-0.3, -0.25) is 9.80 Å². The predicted octanol–water partition coefficient (Wildman–Crippen LogP) is 9.58. The van der Waals surface area contributed by atoms with Crippen LogP contribution in [0.4, 0.5) is 15.8 Å². The Morgan fingerprint density at radius 3 is 1.30 bits per heavy atom. The van der Waals surface area contributed by atoms with E-state index in [0.717, 1.165) is 86.7 Å². The molecule has 0 aromatic heterocycles. The number of anilines is 2. The van der Waals surface area contributed by atoms with Crippen molar-refractivity contribution in [1.82, 2.24) is 9.80 Å². The van der Waals surface area contributed by atoms with Crippen LogP contribution in [0.15, 0.2) is 97.1 Å². The van der Waals surface area contributed by atoms with Crippen LogP contribution in [-0.4, -0.2) is 85.5 Å². The van der Waals surface area contributed by atoms with Crippen LogP contribution in [0.25, 0.3) is 0 Å². The van der Waals surface area contributed by atoms with E-state index in [1.165, 1.54) is 17.8 Å². The molecule has 2 N–H and O–H groups in total. The topological polar surface area (TPSA) is 53.4 Å². The molecule has 4 aromatic rings. The first-order valence-corrected chi connectivity index (χ1v) is 20.4. The van der Waals surface area contributed by atoms with Crippen LogP contribution in [0.2, 0.25) is 15.1 Å². The van der Waals surface area contributed by atoms with Crippen molar-refractivity contribution in [3.63, 3.8) is 0 Å². The van der Waals surface area contributed by atoms with Crippen LogP contribution in [-0.2, 0) is 11.2 Å². The zero-order valence-corrected chi connectivity index (χ0v) is 34.3.